The SMILES string of the molecule is CN1C(=O)C2(CCN(C(=O)CCc3ccccc3C(F)(F)F)CC2)c2cc(N)ccc21. The maximum Gasteiger partial charge on any atom is 0.416 e. The van der Waals surface area contributed by atoms with E-state index in [1.165, 1.54) is 12.1 Å². The zero-order chi connectivity index (χ0) is 22.4. The second kappa shape index (κ2) is 7.59. The number of alkyl halides is 3. The summed E-state index contributed by atoms with van der Waals surface area (Å²) in [5.74, 6) is -0.197. The zero-order valence-electron chi connectivity index (χ0n) is 17.2. The van der Waals surface area contributed by atoms with Crippen LogP contribution in [0, 0.1) is 0 Å². The summed E-state index contributed by atoms with van der Waals surface area (Å²) in [6, 6.07) is 10.8. The van der Waals surface area contributed by atoms with Crippen LogP contribution in [-0.4, -0.2) is 36.9 Å². The fourth-order valence-electron chi connectivity index (χ4n) is 4.81. The number of nitrogen functional groups attached to an aromatic ring is 1. The molecule has 1 fully saturated rings. The van der Waals surface area contributed by atoms with Crippen LogP contribution in [-0.2, 0) is 27.6 Å². The van der Waals surface area contributed by atoms with Gasteiger partial charge >= 0.3 is 6.18 Å². The molecule has 2 heterocycles. The van der Waals surface area contributed by atoms with Gasteiger partial charge in [-0.05, 0) is 54.7 Å². The summed E-state index contributed by atoms with van der Waals surface area (Å²) in [4.78, 5) is 29.0. The van der Waals surface area contributed by atoms with Gasteiger partial charge in [-0.15, -0.1) is 0 Å². The van der Waals surface area contributed by atoms with E-state index in [4.69, 9.17) is 5.73 Å². The molecule has 2 aliphatic heterocycles. The topological polar surface area (TPSA) is 66.6 Å². The molecule has 2 amide bonds. The Morgan fingerprint density at radius 2 is 1.81 bits per heavy atom. The van der Waals surface area contributed by atoms with Gasteiger partial charge in [0, 0.05) is 37.9 Å². The third-order valence-electron chi connectivity index (χ3n) is 6.51. The van der Waals surface area contributed by atoms with Crippen molar-refractivity contribution in [3.63, 3.8) is 0 Å². The van der Waals surface area contributed by atoms with Gasteiger partial charge in [-0.3, -0.25) is 9.59 Å². The molecule has 2 aromatic carbocycles. The molecule has 0 radical (unpaired) electrons. The molecule has 2 aromatic rings. The van der Waals surface area contributed by atoms with Gasteiger partial charge in [0.1, 0.15) is 0 Å². The van der Waals surface area contributed by atoms with Gasteiger partial charge in [0.05, 0.1) is 11.0 Å². The van der Waals surface area contributed by atoms with Crippen molar-refractivity contribution >= 4 is 23.2 Å². The summed E-state index contributed by atoms with van der Waals surface area (Å²) in [5, 5.41) is 0. The Labute approximate surface area is 178 Å². The van der Waals surface area contributed by atoms with Crippen LogP contribution >= 0.6 is 0 Å². The second-order valence-electron chi connectivity index (χ2n) is 8.26. The summed E-state index contributed by atoms with van der Waals surface area (Å²) in [5.41, 5.74) is 6.99. The lowest BCUT2D eigenvalue weighted by molar-refractivity contribution is -0.139. The Bertz CT molecular complexity index is 1030. The summed E-state index contributed by atoms with van der Waals surface area (Å²) in [6.07, 6.45) is -3.48. The number of carbonyl (C=O) groups excluding carboxylic acids is 2. The number of halogens is 3. The molecule has 1 saturated heterocycles. The quantitative estimate of drug-likeness (QED) is 0.753. The van der Waals surface area contributed by atoms with E-state index < -0.39 is 17.2 Å². The maximum absolute atomic E-state index is 13.2. The van der Waals surface area contributed by atoms with Crippen LogP contribution in [0.5, 0.6) is 0 Å². The van der Waals surface area contributed by atoms with Crippen molar-refractivity contribution in [2.45, 2.75) is 37.3 Å². The first kappa shape index (κ1) is 21.2. The predicted octanol–water partition coefficient (Wildman–Crippen LogP) is 3.76. The number of likely N-dealkylation sites (N-methyl/N-ethyl adjacent to an activating group) is 1. The largest absolute Gasteiger partial charge is 0.416 e. The Balaban J connectivity index is 1.44. The molecule has 8 heteroatoms. The highest BCUT2D eigenvalue weighted by atomic mass is 19.4. The Morgan fingerprint density at radius 3 is 2.48 bits per heavy atom. The smallest absolute Gasteiger partial charge is 0.399 e. The zero-order valence-corrected chi connectivity index (χ0v) is 17.2. The molecular weight excluding hydrogens is 407 g/mol. The van der Waals surface area contributed by atoms with Crippen LogP contribution < -0.4 is 10.6 Å². The molecule has 5 nitrogen and oxygen atoms in total. The van der Waals surface area contributed by atoms with E-state index in [2.05, 4.69) is 0 Å². The standard InChI is InChI=1S/C23H24F3N3O2/c1-28-19-8-7-16(27)14-18(19)22(21(28)31)10-12-29(13-11-22)20(30)9-6-15-4-2-3-5-17(15)23(24,25)26/h2-5,7-8,14H,6,9-13,27H2,1H3. The van der Waals surface area contributed by atoms with Crippen LogP contribution in [0.25, 0.3) is 0 Å². The molecule has 0 atom stereocenters. The molecule has 31 heavy (non-hydrogen) atoms. The molecule has 0 aromatic heterocycles. The summed E-state index contributed by atoms with van der Waals surface area (Å²) < 4.78 is 39.5. The Morgan fingerprint density at radius 1 is 1.13 bits per heavy atom. The van der Waals surface area contributed by atoms with Gasteiger partial charge in [0.15, 0.2) is 0 Å². The fraction of sp³-hybridized carbons (Fsp3) is 0.391. The molecule has 1 spiro atoms. The average Bonchev–Trinajstić information content (AvgIpc) is 2.94. The van der Waals surface area contributed by atoms with Gasteiger partial charge in [0.25, 0.3) is 0 Å². The summed E-state index contributed by atoms with van der Waals surface area (Å²) in [6.45, 7) is 0.765. The number of aryl methyl sites for hydroxylation is 1. The minimum absolute atomic E-state index is 0.000645. The molecule has 0 bridgehead atoms. The van der Waals surface area contributed by atoms with Crippen LogP contribution in [0.15, 0.2) is 42.5 Å². The first-order valence-electron chi connectivity index (χ1n) is 10.2. The van der Waals surface area contributed by atoms with Gasteiger partial charge < -0.3 is 15.5 Å². The molecule has 2 N–H and O–H groups in total. The third-order valence-corrected chi connectivity index (χ3v) is 6.51. The van der Waals surface area contributed by atoms with Gasteiger partial charge in [-0.1, -0.05) is 18.2 Å². The predicted molar refractivity (Wildman–Crippen MR) is 112 cm³/mol. The third kappa shape index (κ3) is 3.64. The van der Waals surface area contributed by atoms with Crippen molar-refractivity contribution in [1.82, 2.24) is 4.90 Å². The highest BCUT2D eigenvalue weighted by molar-refractivity contribution is 6.08. The van der Waals surface area contributed by atoms with Crippen LogP contribution in [0.2, 0.25) is 0 Å². The molecule has 0 unspecified atom stereocenters. The van der Waals surface area contributed by atoms with Crippen LogP contribution in [0.1, 0.15) is 36.0 Å². The van der Waals surface area contributed by atoms with E-state index in [0.717, 1.165) is 17.3 Å². The number of nitrogens with two attached hydrogens (primary N) is 1. The normalized spacial score (nSPS) is 17.9. The number of fused-ring (bicyclic) bond motifs is 2. The number of hydrogen-bond acceptors (Lipinski definition) is 3. The second-order valence-corrected chi connectivity index (χ2v) is 8.26. The van der Waals surface area contributed by atoms with E-state index in [1.807, 2.05) is 12.1 Å². The first-order valence-corrected chi connectivity index (χ1v) is 10.2. The number of likely N-dealkylation sites (tertiary alicyclic amines) is 1. The minimum Gasteiger partial charge on any atom is -0.399 e. The van der Waals surface area contributed by atoms with Crippen molar-refractivity contribution in [2.75, 3.05) is 30.8 Å². The van der Waals surface area contributed by atoms with E-state index >= 15 is 0 Å². The number of nitrogens with zero attached hydrogens (tertiary/aromatic N) is 2. The van der Waals surface area contributed by atoms with Crippen LogP contribution in [0.3, 0.4) is 0 Å². The van der Waals surface area contributed by atoms with Gasteiger partial charge in [-0.2, -0.15) is 13.2 Å². The van der Waals surface area contributed by atoms with Gasteiger partial charge in [-0.25, -0.2) is 0 Å². The lowest BCUT2D eigenvalue weighted by Gasteiger charge is -2.38. The van der Waals surface area contributed by atoms with E-state index in [-0.39, 0.29) is 30.2 Å². The molecule has 164 valence electrons. The van der Waals surface area contributed by atoms with E-state index in [0.29, 0.717) is 31.6 Å². The van der Waals surface area contributed by atoms with Crippen molar-refractivity contribution in [3.8, 4) is 0 Å². The first-order chi connectivity index (χ1) is 14.6. The fourth-order valence-corrected chi connectivity index (χ4v) is 4.81. The van der Waals surface area contributed by atoms with Crippen molar-refractivity contribution in [3.05, 3.63) is 59.2 Å². The number of hydrogen-bond donors (Lipinski definition) is 1. The lowest BCUT2D eigenvalue weighted by atomic mass is 9.73. The van der Waals surface area contributed by atoms with Crippen molar-refractivity contribution in [1.29, 1.82) is 0 Å². The Kier molecular flexibility index (Phi) is 5.19. The van der Waals surface area contributed by atoms with Crippen molar-refractivity contribution < 1.29 is 22.8 Å². The number of rotatable bonds is 3. The molecule has 0 saturated carbocycles. The van der Waals surface area contributed by atoms with E-state index in [1.54, 1.807) is 29.0 Å². The van der Waals surface area contributed by atoms with Crippen LogP contribution in [0.4, 0.5) is 24.5 Å². The highest BCUT2D eigenvalue weighted by Gasteiger charge is 2.51. The number of carbonyl (C=O) groups is 2. The van der Waals surface area contributed by atoms with E-state index in [9.17, 15) is 22.8 Å². The molecular formula is C23H24F3N3O2. The maximum atomic E-state index is 13.2. The number of benzene rings is 2. The number of anilines is 2. The van der Waals surface area contributed by atoms with Crippen molar-refractivity contribution in [2.24, 2.45) is 0 Å². The van der Waals surface area contributed by atoms with Gasteiger partial charge in [0.2, 0.25) is 11.8 Å². The minimum atomic E-state index is -4.44. The lowest BCUT2D eigenvalue weighted by Crippen LogP contribution is -2.49. The average molecular weight is 431 g/mol. The molecule has 2 aliphatic rings. The monoisotopic (exact) mass is 431 g/mol. The summed E-state index contributed by atoms with van der Waals surface area (Å²) >= 11 is 0. The molecule has 4 rings (SSSR count). The highest BCUT2D eigenvalue weighted by Crippen LogP contribution is 2.48. The number of piperidine rings is 1. The molecule has 0 aliphatic carbocycles. The summed E-state index contributed by atoms with van der Waals surface area (Å²) in [7, 11) is 1.74. The number of amides is 2. The Hall–Kier alpha value is -3.03.